The van der Waals surface area contributed by atoms with Crippen LogP contribution in [0.25, 0.3) is 11.5 Å². The second-order valence-electron chi connectivity index (χ2n) is 1.28. The van der Waals surface area contributed by atoms with Crippen LogP contribution in [0.1, 0.15) is 0 Å². The van der Waals surface area contributed by atoms with Gasteiger partial charge in [-0.2, -0.15) is 6.54 Å². The molecule has 1 unspecified atom stereocenters. The third kappa shape index (κ3) is 13.5. The molecule has 0 heterocycles. The van der Waals surface area contributed by atoms with Crippen molar-refractivity contribution in [2.45, 2.75) is 6.04 Å². The van der Waals surface area contributed by atoms with Crippen molar-refractivity contribution in [1.29, 1.82) is 0 Å². The summed E-state index contributed by atoms with van der Waals surface area (Å²) in [6, 6.07) is -1.03. The van der Waals surface area contributed by atoms with Crippen LogP contribution < -0.4 is 0 Å². The van der Waals surface area contributed by atoms with Crippen molar-refractivity contribution >= 4 is 5.97 Å². The summed E-state index contributed by atoms with van der Waals surface area (Å²) in [7, 11) is 1.21. The molecule has 0 rings (SSSR count). The molecule has 4 nitrogen and oxygen atoms in total. The number of rotatable bonds is 2. The van der Waals surface area contributed by atoms with Crippen LogP contribution in [-0.2, 0) is 9.53 Å². The number of methoxy groups -OCH3 is 1. The van der Waals surface area contributed by atoms with E-state index < -0.39 is 12.0 Å². The van der Waals surface area contributed by atoms with E-state index >= 15 is 0 Å². The summed E-state index contributed by atoms with van der Waals surface area (Å²) in [5.74, 6) is -0.639. The number of ether oxygens (including phenoxy) is 1. The van der Waals surface area contributed by atoms with Gasteiger partial charge in [0.05, 0.1) is 7.11 Å². The molecule has 0 aliphatic rings. The average molecular weight is 539 g/mol. The van der Waals surface area contributed by atoms with Gasteiger partial charge in [0.25, 0.3) is 5.97 Å². The summed E-state index contributed by atoms with van der Waals surface area (Å²) in [4.78, 5) is 10.2. The van der Waals surface area contributed by atoms with Crippen molar-refractivity contribution in [2.75, 3.05) is 13.7 Å². The molecule has 0 aliphatic heterocycles. The molecule has 0 amide bonds. The molecule has 0 aromatic carbocycles. The van der Waals surface area contributed by atoms with Gasteiger partial charge in [0.1, 0.15) is 0 Å². The van der Waals surface area contributed by atoms with E-state index in [0.717, 1.165) is 0 Å². The van der Waals surface area contributed by atoms with E-state index in [2.05, 4.69) is 4.74 Å². The molecular formula is C4H8N2O2Pr3-2. The van der Waals surface area contributed by atoms with Gasteiger partial charge in [-0.05, 0) is 0 Å². The SMILES string of the molecule is COC(=O)C([NH-])C[NH-].[Pr].[Pr].[Pr]. The van der Waals surface area contributed by atoms with Gasteiger partial charge >= 0.3 is 0 Å². The van der Waals surface area contributed by atoms with Crippen molar-refractivity contribution in [3.05, 3.63) is 11.5 Å². The molecule has 0 aromatic rings. The zero-order valence-electron chi connectivity index (χ0n) is 6.33. The van der Waals surface area contributed by atoms with E-state index in [-0.39, 0.29) is 130 Å². The van der Waals surface area contributed by atoms with E-state index in [1.54, 1.807) is 0 Å². The van der Waals surface area contributed by atoms with E-state index in [4.69, 9.17) is 11.5 Å². The van der Waals surface area contributed by atoms with Crippen molar-refractivity contribution in [3.63, 3.8) is 0 Å². The molecule has 1 atom stereocenters. The summed E-state index contributed by atoms with van der Waals surface area (Å²) in [5.41, 5.74) is 13.3. The number of esters is 1. The second kappa shape index (κ2) is 15.9. The number of hydrogen-bond acceptors (Lipinski definition) is 2. The fraction of sp³-hybridized carbons (Fsp3) is 0.750. The molecule has 2 N–H and O–H groups in total. The Morgan fingerprint density at radius 1 is 1.45 bits per heavy atom. The minimum absolute atomic E-state index is 0. The first-order valence-corrected chi connectivity index (χ1v) is 2.16. The van der Waals surface area contributed by atoms with Gasteiger partial charge in [0.15, 0.2) is 0 Å². The molecule has 0 fully saturated rings. The zero-order chi connectivity index (χ0) is 6.57. The van der Waals surface area contributed by atoms with Crippen molar-refractivity contribution in [2.24, 2.45) is 0 Å². The number of hydrogen-bond donors (Lipinski definition) is 0. The van der Waals surface area contributed by atoms with Crippen LogP contribution in [0.4, 0.5) is 0 Å². The summed E-state index contributed by atoms with van der Waals surface area (Å²) < 4.78 is 4.16. The van der Waals surface area contributed by atoms with Gasteiger partial charge in [0, 0.05) is 124 Å². The molecule has 0 saturated carbocycles. The fourth-order valence-corrected chi connectivity index (χ4v) is 0.226. The minimum Gasteiger partial charge on any atom is -0.678 e. The first kappa shape index (κ1) is 24.0. The van der Waals surface area contributed by atoms with Crippen molar-refractivity contribution < 1.29 is 133 Å². The van der Waals surface area contributed by atoms with E-state index in [1.807, 2.05) is 0 Å². The maximum absolute atomic E-state index is 10.2. The first-order valence-electron chi connectivity index (χ1n) is 2.16. The normalized spacial score (nSPS) is 9.36. The summed E-state index contributed by atoms with van der Waals surface area (Å²) in [6.45, 7) is -0.229. The van der Waals surface area contributed by atoms with Gasteiger partial charge in [-0.15, -0.1) is 0 Å². The summed E-state index contributed by atoms with van der Waals surface area (Å²) in [6.07, 6.45) is 0. The Kier molecular flexibility index (Phi) is 34.7. The Hall–Kier alpha value is 3.48. The fourth-order valence-electron chi connectivity index (χ4n) is 0.226. The van der Waals surface area contributed by atoms with E-state index in [1.165, 1.54) is 7.11 Å². The first-order chi connectivity index (χ1) is 3.72. The molecule has 11 heavy (non-hydrogen) atoms. The third-order valence-corrected chi connectivity index (χ3v) is 0.690. The molecule has 57 valence electrons. The quantitative estimate of drug-likeness (QED) is 0.484. The van der Waals surface area contributed by atoms with Crippen LogP contribution in [0.15, 0.2) is 0 Å². The van der Waals surface area contributed by atoms with E-state index in [9.17, 15) is 4.79 Å². The molecule has 0 spiro atoms. The Labute approximate surface area is 166 Å². The topological polar surface area (TPSA) is 73.9 Å². The minimum atomic E-state index is -1.03. The van der Waals surface area contributed by atoms with Crippen molar-refractivity contribution in [3.8, 4) is 0 Å². The Bertz CT molecular complexity index is 93.4. The summed E-state index contributed by atoms with van der Waals surface area (Å²) in [5, 5.41) is 0. The number of carbonyl (C=O) groups excluding carboxylic acids is 1. The van der Waals surface area contributed by atoms with Gasteiger partial charge in [-0.3, -0.25) is 4.79 Å². The molecule has 0 saturated heterocycles. The number of carbonyl (C=O) groups is 1. The predicted octanol–water partition coefficient (Wildman–Crippen LogP) is 0.632. The molecule has 7 heteroatoms. The smallest absolute Gasteiger partial charge is 0.285 e. The van der Waals surface area contributed by atoms with E-state index in [0.29, 0.717) is 0 Å². The maximum atomic E-state index is 10.2. The third-order valence-electron chi connectivity index (χ3n) is 0.690. The van der Waals surface area contributed by atoms with Crippen LogP contribution in [0.5, 0.6) is 0 Å². The van der Waals surface area contributed by atoms with Gasteiger partial charge in [-0.25, -0.2) is 0 Å². The van der Waals surface area contributed by atoms with Crippen LogP contribution in [0.2, 0.25) is 0 Å². The maximum Gasteiger partial charge on any atom is 0.285 e. The Morgan fingerprint density at radius 3 is 1.91 bits per heavy atom. The Morgan fingerprint density at radius 2 is 1.82 bits per heavy atom. The predicted molar refractivity (Wildman–Crippen MR) is 29.3 cm³/mol. The largest absolute Gasteiger partial charge is 0.678 e. The van der Waals surface area contributed by atoms with Crippen LogP contribution in [0.3, 0.4) is 0 Å². The molecule has 0 bridgehead atoms. The Balaban J connectivity index is -0.0000000817. The van der Waals surface area contributed by atoms with Crippen molar-refractivity contribution in [1.82, 2.24) is 0 Å². The van der Waals surface area contributed by atoms with Gasteiger partial charge in [-0.1, -0.05) is 6.04 Å². The molecular weight excluding hydrogens is 531 g/mol. The number of nitrogens with one attached hydrogen (secondary N) is 2. The van der Waals surface area contributed by atoms with Crippen LogP contribution in [0, 0.1) is 124 Å². The molecule has 3 radical (unpaired) electrons. The zero-order valence-corrected chi connectivity index (χ0v) is 17.4. The molecule has 0 aliphatic carbocycles. The monoisotopic (exact) mass is 539 g/mol. The second-order valence-corrected chi connectivity index (χ2v) is 1.28. The average Bonchev–Trinajstić information content (AvgIpc) is 1.84. The van der Waals surface area contributed by atoms with Gasteiger partial charge in [0.2, 0.25) is 0 Å². The van der Waals surface area contributed by atoms with Crippen LogP contribution >= 0.6 is 0 Å². The standard InChI is InChI=1S/C4H8N2O2.3Pr/c1-8-4(7)3(6)2-5;;;/h3,5-6H,2H2,1H3;;;/q-2;;;. The molecule has 0 aromatic heterocycles. The van der Waals surface area contributed by atoms with Crippen LogP contribution in [-0.4, -0.2) is 25.7 Å². The summed E-state index contributed by atoms with van der Waals surface area (Å²) >= 11 is 0. The van der Waals surface area contributed by atoms with Gasteiger partial charge < -0.3 is 16.2 Å².